The maximum atomic E-state index is 11.3. The van der Waals surface area contributed by atoms with Crippen molar-refractivity contribution in [2.45, 2.75) is 27.2 Å². The number of nitrogens with zero attached hydrogens (tertiary/aromatic N) is 1. The second-order valence-electron chi connectivity index (χ2n) is 4.69. The van der Waals surface area contributed by atoms with Crippen LogP contribution < -0.4 is 0 Å². The molecule has 2 heteroatoms. The summed E-state index contributed by atoms with van der Waals surface area (Å²) in [5.41, 5.74) is 0.532. The Hall–Kier alpha value is -0.530. The Morgan fingerprint density at radius 1 is 1.42 bits per heavy atom. The molecule has 1 aliphatic heterocycles. The van der Waals surface area contributed by atoms with Crippen LogP contribution in [-0.2, 0) is 4.79 Å². The normalized spacial score (nSPS) is 36.4. The molecule has 0 radical (unpaired) electrons. The number of amides is 1. The Balaban J connectivity index is 1.94. The lowest BCUT2D eigenvalue weighted by molar-refractivity contribution is -0.130. The van der Waals surface area contributed by atoms with Crippen LogP contribution in [0, 0.1) is 17.3 Å². The topological polar surface area (TPSA) is 20.3 Å². The van der Waals surface area contributed by atoms with Gasteiger partial charge in [-0.25, -0.2) is 0 Å². The van der Waals surface area contributed by atoms with Gasteiger partial charge in [-0.05, 0) is 17.3 Å². The van der Waals surface area contributed by atoms with Gasteiger partial charge in [-0.3, -0.25) is 4.79 Å². The van der Waals surface area contributed by atoms with Crippen LogP contribution in [0.3, 0.4) is 0 Å². The summed E-state index contributed by atoms with van der Waals surface area (Å²) < 4.78 is 0. The molecule has 2 nitrogen and oxygen atoms in total. The maximum absolute atomic E-state index is 11.3. The standard InChI is InChI=1S/C10H17NO/c1-4-9(12)11-5-7-8(6-11)10(7,2)3/h7-8H,4-6H2,1-3H3. The van der Waals surface area contributed by atoms with Crippen molar-refractivity contribution in [1.29, 1.82) is 0 Å². The van der Waals surface area contributed by atoms with Gasteiger partial charge in [0.1, 0.15) is 0 Å². The maximum Gasteiger partial charge on any atom is 0.222 e. The van der Waals surface area contributed by atoms with E-state index in [0.717, 1.165) is 24.9 Å². The third-order valence-corrected chi connectivity index (χ3v) is 3.78. The molecular formula is C10H17NO. The van der Waals surface area contributed by atoms with Crippen LogP contribution >= 0.6 is 0 Å². The largest absolute Gasteiger partial charge is 0.342 e. The minimum absolute atomic E-state index is 0.331. The van der Waals surface area contributed by atoms with Crippen molar-refractivity contribution in [3.63, 3.8) is 0 Å². The summed E-state index contributed by atoms with van der Waals surface area (Å²) in [6.07, 6.45) is 0.667. The summed E-state index contributed by atoms with van der Waals surface area (Å²) in [7, 11) is 0. The number of carbonyl (C=O) groups excluding carboxylic acids is 1. The molecule has 2 atom stereocenters. The molecule has 1 aliphatic carbocycles. The van der Waals surface area contributed by atoms with Crippen molar-refractivity contribution in [3.8, 4) is 0 Å². The van der Waals surface area contributed by atoms with Crippen LogP contribution in [0.2, 0.25) is 0 Å². The van der Waals surface area contributed by atoms with E-state index in [0.29, 0.717) is 17.7 Å². The third kappa shape index (κ3) is 0.900. The summed E-state index contributed by atoms with van der Waals surface area (Å²) in [6, 6.07) is 0. The molecule has 0 aromatic rings. The SMILES string of the molecule is CCC(=O)N1CC2C(C1)C2(C)C. The van der Waals surface area contributed by atoms with Crippen molar-refractivity contribution in [2.75, 3.05) is 13.1 Å². The average Bonchev–Trinajstić information content (AvgIpc) is 2.52. The minimum Gasteiger partial charge on any atom is -0.342 e. The van der Waals surface area contributed by atoms with Crippen molar-refractivity contribution in [2.24, 2.45) is 17.3 Å². The fourth-order valence-corrected chi connectivity index (χ4v) is 2.56. The van der Waals surface area contributed by atoms with E-state index in [9.17, 15) is 4.79 Å². The second kappa shape index (κ2) is 2.24. The highest BCUT2D eigenvalue weighted by molar-refractivity contribution is 5.76. The lowest BCUT2D eigenvalue weighted by Crippen LogP contribution is -2.32. The molecule has 1 saturated carbocycles. The summed E-state index contributed by atoms with van der Waals surface area (Å²) in [5, 5.41) is 0. The van der Waals surface area contributed by atoms with Crippen LogP contribution in [-0.4, -0.2) is 23.9 Å². The van der Waals surface area contributed by atoms with Crippen LogP contribution in [0.25, 0.3) is 0 Å². The molecule has 68 valence electrons. The molecule has 0 spiro atoms. The van der Waals surface area contributed by atoms with E-state index >= 15 is 0 Å². The molecule has 1 amide bonds. The van der Waals surface area contributed by atoms with Crippen LogP contribution in [0.4, 0.5) is 0 Å². The highest BCUT2D eigenvalue weighted by Crippen LogP contribution is 2.61. The van der Waals surface area contributed by atoms with Crippen molar-refractivity contribution in [1.82, 2.24) is 4.90 Å². The highest BCUT2D eigenvalue weighted by atomic mass is 16.2. The smallest absolute Gasteiger partial charge is 0.222 e. The molecule has 1 heterocycles. The number of carbonyl (C=O) groups is 1. The molecule has 0 aromatic heterocycles. The first-order valence-corrected chi connectivity index (χ1v) is 4.85. The number of likely N-dealkylation sites (tertiary alicyclic amines) is 1. The molecule has 0 aromatic carbocycles. The number of hydrogen-bond donors (Lipinski definition) is 0. The summed E-state index contributed by atoms with van der Waals surface area (Å²) in [5.74, 6) is 1.93. The van der Waals surface area contributed by atoms with Gasteiger partial charge in [0.05, 0.1) is 0 Å². The molecular weight excluding hydrogens is 150 g/mol. The zero-order chi connectivity index (χ0) is 8.93. The van der Waals surface area contributed by atoms with E-state index in [1.807, 2.05) is 11.8 Å². The first-order chi connectivity index (χ1) is 5.57. The zero-order valence-electron chi connectivity index (χ0n) is 8.13. The lowest BCUT2D eigenvalue weighted by Gasteiger charge is -2.21. The van der Waals surface area contributed by atoms with Gasteiger partial charge in [-0.2, -0.15) is 0 Å². The summed E-state index contributed by atoms with van der Waals surface area (Å²) in [6.45, 7) is 8.61. The molecule has 2 unspecified atom stereocenters. The minimum atomic E-state index is 0.331. The van der Waals surface area contributed by atoms with E-state index in [-0.39, 0.29) is 0 Å². The number of hydrogen-bond acceptors (Lipinski definition) is 1. The van der Waals surface area contributed by atoms with Gasteiger partial charge in [0.25, 0.3) is 0 Å². The van der Waals surface area contributed by atoms with Crippen LogP contribution in [0.1, 0.15) is 27.2 Å². The lowest BCUT2D eigenvalue weighted by atomic mass is 10.1. The third-order valence-electron chi connectivity index (χ3n) is 3.78. The summed E-state index contributed by atoms with van der Waals surface area (Å²) >= 11 is 0. The monoisotopic (exact) mass is 167 g/mol. The summed E-state index contributed by atoms with van der Waals surface area (Å²) in [4.78, 5) is 13.3. The quantitative estimate of drug-likeness (QED) is 0.579. The number of piperidine rings is 1. The number of rotatable bonds is 1. The Bertz CT molecular complexity index is 208. The molecule has 12 heavy (non-hydrogen) atoms. The molecule has 1 saturated heterocycles. The van der Waals surface area contributed by atoms with Crippen molar-refractivity contribution < 1.29 is 4.79 Å². The van der Waals surface area contributed by atoms with E-state index in [4.69, 9.17) is 0 Å². The van der Waals surface area contributed by atoms with Crippen LogP contribution in [0.5, 0.6) is 0 Å². The molecule has 0 N–H and O–H groups in total. The van der Waals surface area contributed by atoms with E-state index in [1.165, 1.54) is 0 Å². The second-order valence-corrected chi connectivity index (χ2v) is 4.69. The van der Waals surface area contributed by atoms with E-state index in [1.54, 1.807) is 0 Å². The fourth-order valence-electron chi connectivity index (χ4n) is 2.56. The van der Waals surface area contributed by atoms with Gasteiger partial charge >= 0.3 is 0 Å². The molecule has 2 aliphatic rings. The van der Waals surface area contributed by atoms with Gasteiger partial charge in [-0.15, -0.1) is 0 Å². The number of fused-ring (bicyclic) bond motifs is 1. The fraction of sp³-hybridized carbons (Fsp3) is 0.900. The van der Waals surface area contributed by atoms with Gasteiger partial charge in [0, 0.05) is 19.5 Å². The highest BCUT2D eigenvalue weighted by Gasteiger charge is 2.62. The Morgan fingerprint density at radius 3 is 2.33 bits per heavy atom. The van der Waals surface area contributed by atoms with Gasteiger partial charge in [0.2, 0.25) is 5.91 Å². The van der Waals surface area contributed by atoms with E-state index < -0.39 is 0 Å². The van der Waals surface area contributed by atoms with Gasteiger partial charge < -0.3 is 4.90 Å². The molecule has 2 fully saturated rings. The molecule has 2 rings (SSSR count). The Kier molecular flexibility index (Phi) is 1.51. The first-order valence-electron chi connectivity index (χ1n) is 4.85. The van der Waals surface area contributed by atoms with Crippen LogP contribution in [0.15, 0.2) is 0 Å². The van der Waals surface area contributed by atoms with E-state index in [2.05, 4.69) is 13.8 Å². The van der Waals surface area contributed by atoms with Crippen molar-refractivity contribution >= 4 is 5.91 Å². The Morgan fingerprint density at radius 2 is 1.92 bits per heavy atom. The predicted molar refractivity (Wildman–Crippen MR) is 47.6 cm³/mol. The molecule has 0 bridgehead atoms. The van der Waals surface area contributed by atoms with Crippen molar-refractivity contribution in [3.05, 3.63) is 0 Å². The Labute approximate surface area is 73.9 Å². The average molecular weight is 167 g/mol. The first kappa shape index (κ1) is 8.09. The van der Waals surface area contributed by atoms with Gasteiger partial charge in [-0.1, -0.05) is 20.8 Å². The zero-order valence-corrected chi connectivity index (χ0v) is 8.13. The van der Waals surface area contributed by atoms with Gasteiger partial charge in [0.15, 0.2) is 0 Å². The predicted octanol–water partition coefficient (Wildman–Crippen LogP) is 1.51.